The van der Waals surface area contributed by atoms with E-state index in [0.29, 0.717) is 23.1 Å². The largest absolute Gasteiger partial charge is 0.496 e. The molecule has 0 saturated heterocycles. The van der Waals surface area contributed by atoms with E-state index in [1.807, 2.05) is 6.92 Å². The predicted octanol–water partition coefficient (Wildman–Crippen LogP) is 3.47. The van der Waals surface area contributed by atoms with Crippen molar-refractivity contribution in [3.05, 3.63) is 66.4 Å². The van der Waals surface area contributed by atoms with Gasteiger partial charge in [-0.25, -0.2) is 8.42 Å². The minimum atomic E-state index is -3.76. The lowest BCUT2D eigenvalue weighted by molar-refractivity contribution is 0.215. The molecule has 0 amide bonds. The molecule has 0 atom stereocenters. The van der Waals surface area contributed by atoms with Crippen LogP contribution in [0, 0.1) is 6.92 Å². The number of fused-ring (bicyclic) bond motifs is 1. The first-order valence-electron chi connectivity index (χ1n) is 8.16. The predicted molar refractivity (Wildman–Crippen MR) is 101 cm³/mol. The molecule has 2 aromatic carbocycles. The highest BCUT2D eigenvalue weighted by Crippen LogP contribution is 2.37. The van der Waals surface area contributed by atoms with Gasteiger partial charge in [0.15, 0.2) is 0 Å². The van der Waals surface area contributed by atoms with Gasteiger partial charge in [0.05, 0.1) is 22.4 Å². The molecule has 1 N–H and O–H groups in total. The van der Waals surface area contributed by atoms with E-state index in [0.717, 1.165) is 11.1 Å². The average Bonchev–Trinajstić information content (AvgIpc) is 3.02. The summed E-state index contributed by atoms with van der Waals surface area (Å²) in [7, 11) is -2.21. The van der Waals surface area contributed by atoms with Gasteiger partial charge in [-0.15, -0.1) is 6.58 Å². The van der Waals surface area contributed by atoms with Crippen molar-refractivity contribution in [2.45, 2.75) is 29.9 Å². The molecule has 136 valence electrons. The van der Waals surface area contributed by atoms with Gasteiger partial charge in [0, 0.05) is 17.1 Å². The summed E-state index contributed by atoms with van der Waals surface area (Å²) < 4.78 is 33.5. The Labute approximate surface area is 153 Å². The number of methoxy groups -OCH3 is 1. The number of benzene rings is 2. The van der Waals surface area contributed by atoms with Gasteiger partial charge in [-0.3, -0.25) is 0 Å². The lowest BCUT2D eigenvalue weighted by Crippen LogP contribution is -2.03. The molecule has 1 heterocycles. The summed E-state index contributed by atoms with van der Waals surface area (Å²) in [6.07, 6.45) is 3.63. The highest BCUT2D eigenvalue weighted by Gasteiger charge is 2.26. The van der Waals surface area contributed by atoms with E-state index in [2.05, 4.69) is 6.58 Å². The maximum atomic E-state index is 13.3. The molecule has 0 aliphatic heterocycles. The van der Waals surface area contributed by atoms with Crippen molar-refractivity contribution >= 4 is 20.7 Å². The quantitative estimate of drug-likeness (QED) is 0.674. The summed E-state index contributed by atoms with van der Waals surface area (Å²) in [5.41, 5.74) is 2.35. The third kappa shape index (κ3) is 2.91. The number of allylic oxidation sites excluding steroid dienone is 1. The second-order valence-corrected chi connectivity index (χ2v) is 7.97. The Balaban J connectivity index is 2.38. The fourth-order valence-corrected chi connectivity index (χ4v) is 4.62. The smallest absolute Gasteiger partial charge is 0.208 e. The minimum absolute atomic E-state index is 0.154. The van der Waals surface area contributed by atoms with Crippen LogP contribution in [0.15, 0.2) is 65.0 Å². The van der Waals surface area contributed by atoms with Gasteiger partial charge in [0.25, 0.3) is 0 Å². The minimum Gasteiger partial charge on any atom is -0.496 e. The first-order valence-corrected chi connectivity index (χ1v) is 9.64. The zero-order valence-electron chi connectivity index (χ0n) is 14.8. The van der Waals surface area contributed by atoms with E-state index in [1.54, 1.807) is 49.6 Å². The summed E-state index contributed by atoms with van der Waals surface area (Å²) in [5, 5.41) is 10.2. The first-order chi connectivity index (χ1) is 12.4. The number of aryl methyl sites for hydroxylation is 1. The van der Waals surface area contributed by atoms with E-state index < -0.39 is 9.84 Å². The van der Waals surface area contributed by atoms with Gasteiger partial charge in [-0.1, -0.05) is 23.8 Å². The molecule has 0 aliphatic carbocycles. The second-order valence-electron chi connectivity index (χ2n) is 6.05. The van der Waals surface area contributed by atoms with Crippen LogP contribution in [-0.4, -0.2) is 25.2 Å². The summed E-state index contributed by atoms with van der Waals surface area (Å²) in [6.45, 7) is 5.35. The molecule has 5 nitrogen and oxygen atoms in total. The molecule has 3 rings (SSSR count). The molecule has 0 unspecified atom stereocenters. The number of nitrogens with zero attached hydrogens (tertiary/aromatic N) is 1. The standard InChI is InChI=1S/C20H21NO4S/c1-4-5-16-18(25-3)11-10-17-20(16)19(12-21(17)13-22)26(23,24)15-8-6-14(2)7-9-15/h4,6-12,22H,1,5,13H2,2-3H3. The zero-order valence-corrected chi connectivity index (χ0v) is 15.6. The Kier molecular flexibility index (Phi) is 4.89. The second kappa shape index (κ2) is 6.97. The van der Waals surface area contributed by atoms with Gasteiger partial charge in [0.1, 0.15) is 12.5 Å². The van der Waals surface area contributed by atoms with Crippen molar-refractivity contribution in [1.82, 2.24) is 4.57 Å². The molecule has 3 aromatic rings. The molecule has 0 fully saturated rings. The van der Waals surface area contributed by atoms with Crippen molar-refractivity contribution in [1.29, 1.82) is 0 Å². The number of hydrogen-bond donors (Lipinski definition) is 1. The van der Waals surface area contributed by atoms with E-state index in [-0.39, 0.29) is 16.5 Å². The molecule has 0 saturated carbocycles. The average molecular weight is 371 g/mol. The third-order valence-corrected chi connectivity index (χ3v) is 6.20. The number of sulfone groups is 1. The van der Waals surface area contributed by atoms with Crippen LogP contribution in [0.25, 0.3) is 10.9 Å². The van der Waals surface area contributed by atoms with Crippen molar-refractivity contribution in [3.63, 3.8) is 0 Å². The van der Waals surface area contributed by atoms with Crippen LogP contribution >= 0.6 is 0 Å². The van der Waals surface area contributed by atoms with Gasteiger partial charge in [0.2, 0.25) is 9.84 Å². The molecular formula is C20H21NO4S. The third-order valence-electron chi connectivity index (χ3n) is 4.42. The maximum Gasteiger partial charge on any atom is 0.208 e. The summed E-state index contributed by atoms with van der Waals surface area (Å²) in [6, 6.07) is 10.3. The van der Waals surface area contributed by atoms with Gasteiger partial charge in [-0.05, 0) is 37.6 Å². The van der Waals surface area contributed by atoms with Crippen LogP contribution in [0.2, 0.25) is 0 Å². The Bertz CT molecular complexity index is 1060. The van der Waals surface area contributed by atoms with Crippen LogP contribution in [0.4, 0.5) is 0 Å². The maximum absolute atomic E-state index is 13.3. The highest BCUT2D eigenvalue weighted by molar-refractivity contribution is 7.91. The van der Waals surface area contributed by atoms with Crippen LogP contribution in [0.1, 0.15) is 11.1 Å². The molecule has 0 spiro atoms. The monoisotopic (exact) mass is 371 g/mol. The highest BCUT2D eigenvalue weighted by atomic mass is 32.2. The summed E-state index contributed by atoms with van der Waals surface area (Å²) in [5.74, 6) is 0.591. The van der Waals surface area contributed by atoms with E-state index in [1.165, 1.54) is 10.8 Å². The molecule has 0 bridgehead atoms. The molecule has 26 heavy (non-hydrogen) atoms. The molecule has 0 aliphatic rings. The number of hydrogen-bond acceptors (Lipinski definition) is 4. The Morgan fingerprint density at radius 3 is 2.46 bits per heavy atom. The zero-order chi connectivity index (χ0) is 18.9. The van der Waals surface area contributed by atoms with Crippen molar-refractivity contribution < 1.29 is 18.3 Å². The number of ether oxygens (including phenoxy) is 1. The number of rotatable bonds is 6. The van der Waals surface area contributed by atoms with E-state index in [9.17, 15) is 13.5 Å². The van der Waals surface area contributed by atoms with E-state index >= 15 is 0 Å². The summed E-state index contributed by atoms with van der Waals surface area (Å²) in [4.78, 5) is 0.369. The van der Waals surface area contributed by atoms with Crippen LogP contribution in [-0.2, 0) is 23.0 Å². The van der Waals surface area contributed by atoms with Crippen molar-refractivity contribution in [2.24, 2.45) is 0 Å². The lowest BCUT2D eigenvalue weighted by atomic mass is 10.1. The van der Waals surface area contributed by atoms with Crippen LogP contribution in [0.5, 0.6) is 5.75 Å². The topological polar surface area (TPSA) is 68.5 Å². The first kappa shape index (κ1) is 18.2. The number of aliphatic hydroxyl groups is 1. The molecular weight excluding hydrogens is 350 g/mol. The number of aliphatic hydroxyl groups excluding tert-OH is 1. The molecule has 1 aromatic heterocycles. The Morgan fingerprint density at radius 2 is 1.88 bits per heavy atom. The number of aromatic nitrogens is 1. The fourth-order valence-electron chi connectivity index (χ4n) is 3.11. The van der Waals surface area contributed by atoms with E-state index in [4.69, 9.17) is 4.74 Å². The van der Waals surface area contributed by atoms with Crippen LogP contribution < -0.4 is 4.74 Å². The normalized spacial score (nSPS) is 11.7. The lowest BCUT2D eigenvalue weighted by Gasteiger charge is -2.11. The Morgan fingerprint density at radius 1 is 1.19 bits per heavy atom. The van der Waals surface area contributed by atoms with Crippen molar-refractivity contribution in [3.8, 4) is 5.75 Å². The SMILES string of the molecule is C=CCc1c(OC)ccc2c1c(S(=O)(=O)c1ccc(C)cc1)cn2CO. The van der Waals surface area contributed by atoms with Crippen molar-refractivity contribution in [2.75, 3.05) is 7.11 Å². The fraction of sp³-hybridized carbons (Fsp3) is 0.200. The van der Waals surface area contributed by atoms with Gasteiger partial charge in [-0.2, -0.15) is 0 Å². The van der Waals surface area contributed by atoms with Gasteiger partial charge >= 0.3 is 0 Å². The van der Waals surface area contributed by atoms with Gasteiger partial charge < -0.3 is 14.4 Å². The molecule has 6 heteroatoms. The Hall–Kier alpha value is -2.57. The van der Waals surface area contributed by atoms with Crippen LogP contribution in [0.3, 0.4) is 0 Å². The summed E-state index contributed by atoms with van der Waals surface area (Å²) >= 11 is 0. The molecule has 0 radical (unpaired) electrons.